The van der Waals surface area contributed by atoms with Gasteiger partial charge in [0.15, 0.2) is 0 Å². The molecule has 2 aromatic rings. The van der Waals surface area contributed by atoms with Crippen molar-refractivity contribution >= 4 is 62.5 Å². The van der Waals surface area contributed by atoms with Crippen molar-refractivity contribution < 1.29 is 9.59 Å². The minimum absolute atomic E-state index is 0.142. The first-order valence-corrected chi connectivity index (χ1v) is 9.20. The van der Waals surface area contributed by atoms with Crippen LogP contribution in [0.15, 0.2) is 51.8 Å². The molecule has 126 valence electrons. The molecule has 0 aliphatic carbocycles. The number of amides is 2. The number of anilines is 2. The topological polar surface area (TPSA) is 58.2 Å². The highest BCUT2D eigenvalue weighted by Gasteiger charge is 2.16. The Hall–Kier alpha value is -1.50. The maximum atomic E-state index is 12.3. The molecule has 0 bridgehead atoms. The van der Waals surface area contributed by atoms with Crippen LogP contribution in [0.25, 0.3) is 0 Å². The zero-order valence-electron chi connectivity index (χ0n) is 13.1. The van der Waals surface area contributed by atoms with E-state index in [1.54, 1.807) is 18.2 Å². The van der Waals surface area contributed by atoms with Crippen molar-refractivity contribution in [3.63, 3.8) is 0 Å². The maximum Gasteiger partial charge on any atom is 0.237 e. The Morgan fingerprint density at radius 2 is 1.79 bits per heavy atom. The highest BCUT2D eigenvalue weighted by atomic mass is 79.9. The van der Waals surface area contributed by atoms with Crippen molar-refractivity contribution in [3.05, 3.63) is 52.0 Å². The predicted molar refractivity (Wildman–Crippen MR) is 104 cm³/mol. The van der Waals surface area contributed by atoms with Gasteiger partial charge in [0.1, 0.15) is 0 Å². The first kappa shape index (κ1) is 18.8. The van der Waals surface area contributed by atoms with E-state index in [0.29, 0.717) is 16.4 Å². The van der Waals surface area contributed by atoms with E-state index in [2.05, 4.69) is 26.6 Å². The molecule has 0 spiro atoms. The van der Waals surface area contributed by atoms with Gasteiger partial charge in [-0.3, -0.25) is 9.59 Å². The van der Waals surface area contributed by atoms with Crippen molar-refractivity contribution in [2.45, 2.75) is 24.0 Å². The van der Waals surface area contributed by atoms with Crippen molar-refractivity contribution in [3.8, 4) is 0 Å². The first-order chi connectivity index (χ1) is 11.3. The van der Waals surface area contributed by atoms with Crippen molar-refractivity contribution in [2.75, 3.05) is 10.6 Å². The fraction of sp³-hybridized carbons (Fsp3) is 0.176. The van der Waals surface area contributed by atoms with Crippen LogP contribution in [0.5, 0.6) is 0 Å². The molecule has 7 heteroatoms. The smallest absolute Gasteiger partial charge is 0.237 e. The molecule has 4 nitrogen and oxygen atoms in total. The number of rotatable bonds is 5. The monoisotopic (exact) mass is 426 g/mol. The second-order valence-electron chi connectivity index (χ2n) is 5.08. The van der Waals surface area contributed by atoms with Crippen LogP contribution in [0.3, 0.4) is 0 Å². The fourth-order valence-electron chi connectivity index (χ4n) is 1.90. The average molecular weight is 428 g/mol. The summed E-state index contributed by atoms with van der Waals surface area (Å²) in [6.45, 7) is 3.26. The van der Waals surface area contributed by atoms with E-state index in [9.17, 15) is 9.59 Å². The van der Waals surface area contributed by atoms with Gasteiger partial charge in [-0.15, -0.1) is 11.8 Å². The second kappa shape index (κ2) is 8.55. The van der Waals surface area contributed by atoms with Gasteiger partial charge in [0.2, 0.25) is 11.8 Å². The van der Waals surface area contributed by atoms with Crippen LogP contribution in [0.2, 0.25) is 5.02 Å². The Balaban J connectivity index is 2.00. The molecule has 2 aromatic carbocycles. The molecule has 24 heavy (non-hydrogen) atoms. The molecular formula is C17H16BrClN2O2S. The van der Waals surface area contributed by atoms with E-state index < -0.39 is 0 Å². The standard InChI is InChI=1S/C17H16BrClN2O2S/c1-10(24-14-6-3-12(18)4-7-14)17(23)21-16-8-5-13(9-15(16)19)20-11(2)22/h3-10H,1-2H3,(H,20,22)(H,21,23). The molecule has 0 fully saturated rings. The number of thioether (sulfide) groups is 1. The highest BCUT2D eigenvalue weighted by Crippen LogP contribution is 2.28. The van der Waals surface area contributed by atoms with Crippen LogP contribution in [-0.2, 0) is 9.59 Å². The van der Waals surface area contributed by atoms with Crippen LogP contribution in [0.1, 0.15) is 13.8 Å². The molecule has 0 aliphatic heterocycles. The van der Waals surface area contributed by atoms with Crippen molar-refractivity contribution in [1.82, 2.24) is 0 Å². The first-order valence-electron chi connectivity index (χ1n) is 7.15. The summed E-state index contributed by atoms with van der Waals surface area (Å²) < 4.78 is 0.995. The number of nitrogens with one attached hydrogen (secondary N) is 2. The summed E-state index contributed by atoms with van der Waals surface area (Å²) in [7, 11) is 0. The second-order valence-corrected chi connectivity index (χ2v) is 7.82. The number of carbonyl (C=O) groups is 2. The zero-order chi connectivity index (χ0) is 17.7. The lowest BCUT2D eigenvalue weighted by Gasteiger charge is -2.14. The molecule has 0 radical (unpaired) electrons. The largest absolute Gasteiger partial charge is 0.326 e. The summed E-state index contributed by atoms with van der Waals surface area (Å²) in [5.41, 5.74) is 1.10. The molecule has 2 rings (SSSR count). The van der Waals surface area contributed by atoms with Crippen LogP contribution >= 0.6 is 39.3 Å². The van der Waals surface area contributed by atoms with E-state index in [4.69, 9.17) is 11.6 Å². The third-order valence-electron chi connectivity index (χ3n) is 3.04. The van der Waals surface area contributed by atoms with Gasteiger partial charge < -0.3 is 10.6 Å². The quantitative estimate of drug-likeness (QED) is 0.646. The molecular weight excluding hydrogens is 412 g/mol. The van der Waals surface area contributed by atoms with Gasteiger partial charge in [-0.05, 0) is 49.4 Å². The summed E-state index contributed by atoms with van der Waals surface area (Å²) >= 11 is 11.0. The van der Waals surface area contributed by atoms with Gasteiger partial charge >= 0.3 is 0 Å². The fourth-order valence-corrected chi connectivity index (χ4v) is 3.26. The van der Waals surface area contributed by atoms with Crippen LogP contribution in [0, 0.1) is 0 Å². The normalized spacial score (nSPS) is 11.7. The SMILES string of the molecule is CC(=O)Nc1ccc(NC(=O)C(C)Sc2ccc(Br)cc2)c(Cl)c1. The summed E-state index contributed by atoms with van der Waals surface area (Å²) in [4.78, 5) is 24.4. The zero-order valence-corrected chi connectivity index (χ0v) is 16.3. The van der Waals surface area contributed by atoms with E-state index in [1.165, 1.54) is 18.7 Å². The summed E-state index contributed by atoms with van der Waals surface area (Å²) in [5, 5.41) is 5.54. The Bertz CT molecular complexity index is 753. The van der Waals surface area contributed by atoms with E-state index >= 15 is 0 Å². The van der Waals surface area contributed by atoms with Crippen LogP contribution < -0.4 is 10.6 Å². The minimum atomic E-state index is -0.280. The van der Waals surface area contributed by atoms with Crippen LogP contribution in [0.4, 0.5) is 11.4 Å². The van der Waals surface area contributed by atoms with Crippen LogP contribution in [-0.4, -0.2) is 17.1 Å². The third-order valence-corrected chi connectivity index (χ3v) is 5.00. The van der Waals surface area contributed by atoms with E-state index in [0.717, 1.165) is 9.37 Å². The molecule has 0 saturated heterocycles. The van der Waals surface area contributed by atoms with Gasteiger partial charge in [0.05, 0.1) is 16.0 Å². The Morgan fingerprint density at radius 1 is 1.12 bits per heavy atom. The average Bonchev–Trinajstić information content (AvgIpc) is 2.51. The summed E-state index contributed by atoms with van der Waals surface area (Å²) in [5.74, 6) is -0.320. The Kier molecular flexibility index (Phi) is 6.71. The lowest BCUT2D eigenvalue weighted by molar-refractivity contribution is -0.115. The molecule has 0 aliphatic rings. The number of halogens is 2. The summed E-state index contributed by atoms with van der Waals surface area (Å²) in [6, 6.07) is 12.7. The molecule has 0 heterocycles. The molecule has 2 amide bonds. The Morgan fingerprint density at radius 3 is 2.38 bits per heavy atom. The van der Waals surface area contributed by atoms with Crippen molar-refractivity contribution in [2.24, 2.45) is 0 Å². The maximum absolute atomic E-state index is 12.3. The van der Waals surface area contributed by atoms with Gasteiger partial charge in [0.25, 0.3) is 0 Å². The van der Waals surface area contributed by atoms with E-state index in [-0.39, 0.29) is 17.1 Å². The summed E-state index contributed by atoms with van der Waals surface area (Å²) in [6.07, 6.45) is 0. The van der Waals surface area contributed by atoms with Gasteiger partial charge in [-0.25, -0.2) is 0 Å². The molecule has 1 unspecified atom stereocenters. The minimum Gasteiger partial charge on any atom is -0.326 e. The molecule has 1 atom stereocenters. The van der Waals surface area contributed by atoms with Gasteiger partial charge in [-0.2, -0.15) is 0 Å². The van der Waals surface area contributed by atoms with Crippen molar-refractivity contribution in [1.29, 1.82) is 0 Å². The third kappa shape index (κ3) is 5.54. The number of hydrogen-bond acceptors (Lipinski definition) is 3. The lowest BCUT2D eigenvalue weighted by Crippen LogP contribution is -2.22. The Labute approximate surface area is 158 Å². The number of benzene rings is 2. The highest BCUT2D eigenvalue weighted by molar-refractivity contribution is 9.10. The molecule has 0 saturated carbocycles. The predicted octanol–water partition coefficient (Wildman–Crippen LogP) is 5.18. The molecule has 0 aromatic heterocycles. The van der Waals surface area contributed by atoms with Gasteiger partial charge in [-0.1, -0.05) is 27.5 Å². The number of hydrogen-bond donors (Lipinski definition) is 2. The molecule has 2 N–H and O–H groups in total. The lowest BCUT2D eigenvalue weighted by atomic mass is 10.2. The van der Waals surface area contributed by atoms with E-state index in [1.807, 2.05) is 31.2 Å². The number of carbonyl (C=O) groups excluding carboxylic acids is 2. The van der Waals surface area contributed by atoms with Gasteiger partial charge in [0, 0.05) is 22.0 Å².